The zero-order valence-electron chi connectivity index (χ0n) is 19.8. The first-order valence-electron chi connectivity index (χ1n) is 11.7. The van der Waals surface area contributed by atoms with Crippen LogP contribution in [0.15, 0.2) is 51.7 Å². The Balaban J connectivity index is 1.35. The lowest BCUT2D eigenvalue weighted by Gasteiger charge is -2.26. The summed E-state index contributed by atoms with van der Waals surface area (Å²) in [6, 6.07) is 12.6. The monoisotopic (exact) mass is 473 g/mol. The van der Waals surface area contributed by atoms with E-state index in [-0.39, 0.29) is 18.4 Å². The number of anilines is 1. The zero-order chi connectivity index (χ0) is 24.5. The second-order valence-corrected chi connectivity index (χ2v) is 9.00. The van der Waals surface area contributed by atoms with Gasteiger partial charge >= 0.3 is 5.76 Å². The summed E-state index contributed by atoms with van der Waals surface area (Å²) in [5.74, 6) is -1.07. The Morgan fingerprint density at radius 2 is 1.83 bits per heavy atom. The molecule has 1 fully saturated rings. The van der Waals surface area contributed by atoms with E-state index in [0.717, 1.165) is 30.4 Å². The van der Waals surface area contributed by atoms with Crippen LogP contribution in [-0.2, 0) is 11.3 Å². The van der Waals surface area contributed by atoms with Crippen molar-refractivity contribution in [1.29, 1.82) is 0 Å². The number of aryl methyl sites for hydroxylation is 2. The van der Waals surface area contributed by atoms with Gasteiger partial charge in [-0.1, -0.05) is 12.1 Å². The van der Waals surface area contributed by atoms with E-state index in [2.05, 4.69) is 15.5 Å². The summed E-state index contributed by atoms with van der Waals surface area (Å²) in [5.41, 5.74) is 5.53. The number of rotatable bonds is 5. The van der Waals surface area contributed by atoms with E-state index in [1.165, 1.54) is 10.1 Å². The van der Waals surface area contributed by atoms with Crippen LogP contribution in [0, 0.1) is 13.8 Å². The molecule has 5 rings (SSSR count). The van der Waals surface area contributed by atoms with Gasteiger partial charge in [-0.05, 0) is 74.6 Å². The van der Waals surface area contributed by atoms with Crippen LogP contribution in [0.3, 0.4) is 0 Å². The highest BCUT2D eigenvalue weighted by Gasteiger charge is 2.20. The number of hydrogen-bond donors (Lipinski definition) is 2. The summed E-state index contributed by atoms with van der Waals surface area (Å²) in [6.07, 6.45) is 3.06. The minimum absolute atomic E-state index is 0.0941. The molecule has 0 aliphatic carbocycles. The summed E-state index contributed by atoms with van der Waals surface area (Å²) < 4.78 is 6.63. The predicted molar refractivity (Wildman–Crippen MR) is 132 cm³/mol. The normalized spacial score (nSPS) is 13.8. The highest BCUT2D eigenvalue weighted by molar-refractivity contribution is 6.04. The first-order chi connectivity index (χ1) is 16.9. The van der Waals surface area contributed by atoms with Crippen molar-refractivity contribution in [3.05, 3.63) is 69.8 Å². The average molecular weight is 474 g/mol. The van der Waals surface area contributed by atoms with E-state index in [0.29, 0.717) is 41.3 Å². The molecule has 9 nitrogen and oxygen atoms in total. The Labute approximate surface area is 201 Å². The highest BCUT2D eigenvalue weighted by atomic mass is 16.4. The smallest absolute Gasteiger partial charge is 0.408 e. The first kappa shape index (κ1) is 22.6. The lowest BCUT2D eigenvalue weighted by molar-refractivity contribution is -0.132. The lowest BCUT2D eigenvalue weighted by Crippen LogP contribution is -2.39. The van der Waals surface area contributed by atoms with Crippen molar-refractivity contribution >= 4 is 28.6 Å². The number of piperidine rings is 1. The Morgan fingerprint density at radius 3 is 2.60 bits per heavy atom. The van der Waals surface area contributed by atoms with Crippen molar-refractivity contribution in [2.24, 2.45) is 0 Å². The van der Waals surface area contributed by atoms with E-state index < -0.39 is 5.76 Å². The quantitative estimate of drug-likeness (QED) is 0.457. The van der Waals surface area contributed by atoms with Crippen molar-refractivity contribution in [3.63, 3.8) is 0 Å². The number of hydrogen-bond acceptors (Lipinski definition) is 5. The van der Waals surface area contributed by atoms with E-state index >= 15 is 0 Å². The number of H-pyrrole nitrogens is 1. The molecule has 4 aromatic rings. The predicted octanol–water partition coefficient (Wildman–Crippen LogP) is 3.87. The number of oxazole rings is 1. The van der Waals surface area contributed by atoms with Crippen LogP contribution in [0.5, 0.6) is 0 Å². The number of aromatic nitrogens is 3. The number of carbonyl (C=O) groups excluding carboxylic acids is 2. The minimum atomic E-state index is -0.597. The molecule has 1 saturated heterocycles. The fraction of sp³-hybridized carbons (Fsp3) is 0.308. The lowest BCUT2D eigenvalue weighted by atomic mass is 10.0. The van der Waals surface area contributed by atoms with Gasteiger partial charge in [0.1, 0.15) is 12.2 Å². The molecule has 0 spiro atoms. The maximum atomic E-state index is 12.9. The number of likely N-dealkylation sites (tertiary alicyclic amines) is 1. The van der Waals surface area contributed by atoms with Gasteiger partial charge in [-0.15, -0.1) is 0 Å². The van der Waals surface area contributed by atoms with Crippen molar-refractivity contribution in [2.75, 3.05) is 18.4 Å². The molecule has 0 saturated carbocycles. The molecular formula is C26H27N5O4. The van der Waals surface area contributed by atoms with Gasteiger partial charge in [0.15, 0.2) is 5.58 Å². The van der Waals surface area contributed by atoms with Crippen LogP contribution in [0.2, 0.25) is 0 Å². The third kappa shape index (κ3) is 4.62. The molecular weight excluding hydrogens is 446 g/mol. The maximum absolute atomic E-state index is 12.9. The summed E-state index contributed by atoms with van der Waals surface area (Å²) in [6.45, 7) is 5.40. The molecule has 3 heterocycles. The summed E-state index contributed by atoms with van der Waals surface area (Å²) in [7, 11) is 0. The van der Waals surface area contributed by atoms with E-state index in [1.807, 2.05) is 32.0 Å². The Bertz CT molecular complexity index is 1470. The van der Waals surface area contributed by atoms with Gasteiger partial charge in [0.2, 0.25) is 5.91 Å². The van der Waals surface area contributed by atoms with Crippen molar-refractivity contribution in [2.45, 2.75) is 39.7 Å². The van der Waals surface area contributed by atoms with Gasteiger partial charge in [-0.25, -0.2) is 4.79 Å². The molecule has 2 aromatic carbocycles. The number of nitrogens with one attached hydrogen (secondary N) is 2. The SMILES string of the molecule is Cc1ccc(-c2cc(C(=O)Nc3ccc4oc(=O)n(CC(=O)N5CCCCC5)c4c3)[nH]n2)cc1C. The molecule has 9 heteroatoms. The van der Waals surface area contributed by atoms with Gasteiger partial charge in [-0.3, -0.25) is 19.3 Å². The number of carbonyl (C=O) groups is 2. The van der Waals surface area contributed by atoms with Crippen LogP contribution in [-0.4, -0.2) is 44.6 Å². The number of nitrogens with zero attached hydrogens (tertiary/aromatic N) is 3. The molecule has 2 N–H and O–H groups in total. The maximum Gasteiger partial charge on any atom is 0.420 e. The first-order valence-corrected chi connectivity index (χ1v) is 11.7. The molecule has 35 heavy (non-hydrogen) atoms. The standard InChI is InChI=1S/C26H27N5O4/c1-16-6-7-18(12-17(16)2)20-14-21(29-28-20)25(33)27-19-8-9-23-22(13-19)31(26(34)35-23)15-24(32)30-10-4-3-5-11-30/h6-9,12-14H,3-5,10-11,15H2,1-2H3,(H,27,33)(H,28,29). The van der Waals surface area contributed by atoms with Gasteiger partial charge in [-0.2, -0.15) is 5.10 Å². The third-order valence-corrected chi connectivity index (χ3v) is 6.55. The molecule has 1 aliphatic rings. The van der Waals surface area contributed by atoms with Crippen LogP contribution in [0.4, 0.5) is 5.69 Å². The van der Waals surface area contributed by atoms with Crippen LogP contribution >= 0.6 is 0 Å². The second kappa shape index (κ2) is 9.25. The molecule has 0 unspecified atom stereocenters. The van der Waals surface area contributed by atoms with Gasteiger partial charge in [0.25, 0.3) is 5.91 Å². The number of benzene rings is 2. The fourth-order valence-corrected chi connectivity index (χ4v) is 4.35. The second-order valence-electron chi connectivity index (χ2n) is 9.00. The summed E-state index contributed by atoms with van der Waals surface area (Å²) in [5, 5.41) is 9.89. The number of aromatic amines is 1. The molecule has 2 aromatic heterocycles. The van der Waals surface area contributed by atoms with E-state index in [9.17, 15) is 14.4 Å². The van der Waals surface area contributed by atoms with Crippen molar-refractivity contribution < 1.29 is 14.0 Å². The van der Waals surface area contributed by atoms with E-state index in [1.54, 1.807) is 29.2 Å². The summed E-state index contributed by atoms with van der Waals surface area (Å²) >= 11 is 0. The van der Waals surface area contributed by atoms with Crippen molar-refractivity contribution in [3.8, 4) is 11.3 Å². The topological polar surface area (TPSA) is 113 Å². The highest BCUT2D eigenvalue weighted by Crippen LogP contribution is 2.23. The van der Waals surface area contributed by atoms with Gasteiger partial charge < -0.3 is 14.6 Å². The van der Waals surface area contributed by atoms with Crippen molar-refractivity contribution in [1.82, 2.24) is 19.7 Å². The largest absolute Gasteiger partial charge is 0.420 e. The molecule has 2 amide bonds. The Kier molecular flexibility index (Phi) is 5.98. The third-order valence-electron chi connectivity index (χ3n) is 6.55. The van der Waals surface area contributed by atoms with Gasteiger partial charge in [0.05, 0.1) is 11.2 Å². The average Bonchev–Trinajstić information content (AvgIpc) is 3.47. The molecule has 180 valence electrons. The van der Waals surface area contributed by atoms with Gasteiger partial charge in [0, 0.05) is 24.3 Å². The van der Waals surface area contributed by atoms with Crippen LogP contribution in [0.25, 0.3) is 22.4 Å². The van der Waals surface area contributed by atoms with Crippen LogP contribution in [0.1, 0.15) is 40.9 Å². The fourth-order valence-electron chi connectivity index (χ4n) is 4.35. The van der Waals surface area contributed by atoms with E-state index in [4.69, 9.17) is 4.42 Å². The Hall–Kier alpha value is -4.14. The minimum Gasteiger partial charge on any atom is -0.408 e. The molecule has 0 radical (unpaired) electrons. The van der Waals surface area contributed by atoms with Crippen LogP contribution < -0.4 is 11.1 Å². The molecule has 0 atom stereocenters. The summed E-state index contributed by atoms with van der Waals surface area (Å²) in [4.78, 5) is 39.8. The zero-order valence-corrected chi connectivity index (χ0v) is 19.8. The number of fused-ring (bicyclic) bond motifs is 1. The molecule has 1 aliphatic heterocycles. The number of amides is 2. The molecule has 0 bridgehead atoms. The Morgan fingerprint density at radius 1 is 1.03 bits per heavy atom.